The van der Waals surface area contributed by atoms with Gasteiger partial charge in [0.2, 0.25) is 0 Å². The first-order valence-corrected chi connectivity index (χ1v) is 8.84. The summed E-state index contributed by atoms with van der Waals surface area (Å²) in [4.78, 5) is 14.6. The number of anilines is 1. The molecule has 4 heteroatoms. The highest BCUT2D eigenvalue weighted by molar-refractivity contribution is 5.98. The van der Waals surface area contributed by atoms with E-state index in [0.29, 0.717) is 11.1 Å². The van der Waals surface area contributed by atoms with Gasteiger partial charge in [-0.15, -0.1) is 6.58 Å². The summed E-state index contributed by atoms with van der Waals surface area (Å²) in [6.45, 7) is 4.55. The van der Waals surface area contributed by atoms with Crippen molar-refractivity contribution in [1.29, 1.82) is 0 Å². The molecule has 0 bridgehead atoms. The van der Waals surface area contributed by atoms with Crippen LogP contribution in [0.4, 0.5) is 5.69 Å². The lowest BCUT2D eigenvalue weighted by Gasteiger charge is -2.17. The SMILES string of the molecule is C=CCN(C)c1ccc2cc3cc(-c4cc[n+](C)cc4)c(=O)oc3cc2c1. The Morgan fingerprint density at radius 3 is 2.56 bits per heavy atom. The molecule has 27 heavy (non-hydrogen) atoms. The second kappa shape index (κ2) is 6.72. The molecule has 0 spiro atoms. The average Bonchev–Trinajstić information content (AvgIpc) is 2.66. The standard InChI is InChI=1S/C23H21N2O2/c1-4-9-25(3)20-6-5-17-12-19-14-21(16-7-10-24(2)11-8-16)23(26)27-22(19)15-18(17)13-20/h4-8,10-15H,1,9H2,2-3H3/q+1. The predicted octanol–water partition coefficient (Wildman–Crippen LogP) is 4.06. The van der Waals surface area contributed by atoms with Crippen molar-refractivity contribution in [2.45, 2.75) is 0 Å². The van der Waals surface area contributed by atoms with Crippen LogP contribution in [0.5, 0.6) is 0 Å². The largest absolute Gasteiger partial charge is 0.422 e. The lowest BCUT2D eigenvalue weighted by Crippen LogP contribution is -2.25. The molecule has 4 rings (SSSR count). The van der Waals surface area contributed by atoms with E-state index >= 15 is 0 Å². The summed E-state index contributed by atoms with van der Waals surface area (Å²) in [5.74, 6) is 0. The third-order valence-electron chi connectivity index (χ3n) is 4.81. The molecule has 0 amide bonds. The minimum absolute atomic E-state index is 0.323. The Morgan fingerprint density at radius 2 is 1.81 bits per heavy atom. The molecule has 2 aromatic heterocycles. The van der Waals surface area contributed by atoms with Gasteiger partial charge in [0.25, 0.3) is 0 Å². The Morgan fingerprint density at radius 1 is 1.04 bits per heavy atom. The zero-order valence-electron chi connectivity index (χ0n) is 15.5. The van der Waals surface area contributed by atoms with Crippen LogP contribution in [0.15, 0.2) is 82.8 Å². The third kappa shape index (κ3) is 3.22. The number of hydrogen-bond donors (Lipinski definition) is 0. The molecular weight excluding hydrogens is 336 g/mol. The van der Waals surface area contributed by atoms with Crippen LogP contribution < -0.4 is 15.1 Å². The van der Waals surface area contributed by atoms with Gasteiger partial charge in [0.15, 0.2) is 12.4 Å². The van der Waals surface area contributed by atoms with Crippen LogP contribution in [0, 0.1) is 0 Å². The fraction of sp³-hybridized carbons (Fsp3) is 0.130. The first-order chi connectivity index (χ1) is 13.0. The molecular formula is C23H21N2O2+. The lowest BCUT2D eigenvalue weighted by atomic mass is 10.0. The van der Waals surface area contributed by atoms with Gasteiger partial charge in [-0.25, -0.2) is 9.36 Å². The molecule has 2 aromatic carbocycles. The average molecular weight is 357 g/mol. The molecule has 0 aliphatic carbocycles. The molecule has 0 N–H and O–H groups in total. The van der Waals surface area contributed by atoms with Crippen molar-refractivity contribution in [2.75, 3.05) is 18.5 Å². The van der Waals surface area contributed by atoms with Crippen molar-refractivity contribution >= 4 is 27.4 Å². The van der Waals surface area contributed by atoms with Gasteiger partial charge < -0.3 is 9.32 Å². The highest BCUT2D eigenvalue weighted by Crippen LogP contribution is 2.28. The Kier molecular flexibility index (Phi) is 4.24. The minimum Gasteiger partial charge on any atom is -0.422 e. The molecule has 0 aliphatic rings. The minimum atomic E-state index is -0.323. The molecule has 4 aromatic rings. The van der Waals surface area contributed by atoms with Gasteiger partial charge in [-0.1, -0.05) is 12.1 Å². The Labute approximate surface area is 157 Å². The number of hydrogen-bond acceptors (Lipinski definition) is 3. The molecule has 0 aliphatic heterocycles. The van der Waals surface area contributed by atoms with E-state index in [1.807, 2.05) is 61.4 Å². The summed E-state index contributed by atoms with van der Waals surface area (Å²) >= 11 is 0. The van der Waals surface area contributed by atoms with Crippen molar-refractivity contribution < 1.29 is 8.98 Å². The van der Waals surface area contributed by atoms with E-state index < -0.39 is 0 Å². The summed E-state index contributed by atoms with van der Waals surface area (Å²) in [5.41, 5.74) is 2.80. The fourth-order valence-corrected chi connectivity index (χ4v) is 3.27. The number of rotatable bonds is 4. The van der Waals surface area contributed by atoms with Crippen LogP contribution >= 0.6 is 0 Å². The molecule has 0 unspecified atom stereocenters. The molecule has 4 nitrogen and oxygen atoms in total. The maximum Gasteiger partial charge on any atom is 0.344 e. The maximum atomic E-state index is 12.5. The molecule has 2 heterocycles. The van der Waals surface area contributed by atoms with E-state index in [-0.39, 0.29) is 5.63 Å². The smallest absolute Gasteiger partial charge is 0.344 e. The quantitative estimate of drug-likeness (QED) is 0.239. The highest BCUT2D eigenvalue weighted by Gasteiger charge is 2.10. The first-order valence-electron chi connectivity index (χ1n) is 8.84. The second-order valence-corrected chi connectivity index (χ2v) is 6.79. The van der Waals surface area contributed by atoms with Crippen LogP contribution in [0.3, 0.4) is 0 Å². The number of aromatic nitrogens is 1. The molecule has 0 saturated carbocycles. The fourth-order valence-electron chi connectivity index (χ4n) is 3.27. The molecule has 0 saturated heterocycles. The zero-order valence-corrected chi connectivity index (χ0v) is 15.5. The van der Waals surface area contributed by atoms with Gasteiger partial charge in [0.05, 0.1) is 5.56 Å². The van der Waals surface area contributed by atoms with Gasteiger partial charge in [-0.05, 0) is 41.1 Å². The van der Waals surface area contributed by atoms with Gasteiger partial charge in [-0.3, -0.25) is 0 Å². The van der Waals surface area contributed by atoms with Crippen LogP contribution in [0.25, 0.3) is 32.9 Å². The van der Waals surface area contributed by atoms with Gasteiger partial charge in [-0.2, -0.15) is 0 Å². The summed E-state index contributed by atoms with van der Waals surface area (Å²) < 4.78 is 7.57. The van der Waals surface area contributed by atoms with E-state index in [4.69, 9.17) is 4.42 Å². The molecule has 0 fully saturated rings. The van der Waals surface area contributed by atoms with Crippen molar-refractivity contribution in [3.63, 3.8) is 0 Å². The number of fused-ring (bicyclic) bond motifs is 2. The van der Waals surface area contributed by atoms with Crippen LogP contribution in [-0.2, 0) is 7.05 Å². The third-order valence-corrected chi connectivity index (χ3v) is 4.81. The van der Waals surface area contributed by atoms with E-state index in [2.05, 4.69) is 35.7 Å². The van der Waals surface area contributed by atoms with Crippen molar-refractivity contribution in [1.82, 2.24) is 0 Å². The van der Waals surface area contributed by atoms with E-state index in [0.717, 1.165) is 34.0 Å². The first kappa shape index (κ1) is 17.0. The molecule has 134 valence electrons. The maximum absolute atomic E-state index is 12.5. The number of nitrogens with zero attached hydrogens (tertiary/aromatic N) is 2. The van der Waals surface area contributed by atoms with E-state index in [1.165, 1.54) is 0 Å². The number of aryl methyl sites for hydroxylation is 1. The number of likely N-dealkylation sites (N-methyl/N-ethyl adjacent to an activating group) is 1. The van der Waals surface area contributed by atoms with Crippen molar-refractivity contribution in [3.8, 4) is 11.1 Å². The Bertz CT molecular complexity index is 1210. The van der Waals surface area contributed by atoms with Crippen LogP contribution in [-0.4, -0.2) is 13.6 Å². The van der Waals surface area contributed by atoms with Crippen molar-refractivity contribution in [2.24, 2.45) is 7.05 Å². The molecule has 0 atom stereocenters. The topological polar surface area (TPSA) is 37.3 Å². The van der Waals surface area contributed by atoms with E-state index in [1.54, 1.807) is 0 Å². The summed E-state index contributed by atoms with van der Waals surface area (Å²) in [6, 6.07) is 16.0. The van der Waals surface area contributed by atoms with Gasteiger partial charge in [0.1, 0.15) is 12.6 Å². The summed E-state index contributed by atoms with van der Waals surface area (Å²) in [6.07, 6.45) is 5.70. The normalized spacial score (nSPS) is 11.0. The highest BCUT2D eigenvalue weighted by atomic mass is 16.4. The zero-order chi connectivity index (χ0) is 19.0. The van der Waals surface area contributed by atoms with Crippen molar-refractivity contribution in [3.05, 3.63) is 84.0 Å². The molecule has 0 radical (unpaired) electrons. The van der Waals surface area contributed by atoms with E-state index in [9.17, 15) is 4.79 Å². The van der Waals surface area contributed by atoms with Crippen LogP contribution in [0.1, 0.15) is 0 Å². The van der Waals surface area contributed by atoms with Gasteiger partial charge in [0, 0.05) is 42.4 Å². The lowest BCUT2D eigenvalue weighted by molar-refractivity contribution is -0.671. The van der Waals surface area contributed by atoms with Crippen LogP contribution in [0.2, 0.25) is 0 Å². The predicted molar refractivity (Wildman–Crippen MR) is 110 cm³/mol. The van der Waals surface area contributed by atoms with Gasteiger partial charge >= 0.3 is 5.63 Å². The summed E-state index contributed by atoms with van der Waals surface area (Å²) in [7, 11) is 3.97. The number of pyridine rings is 1. The monoisotopic (exact) mass is 357 g/mol. The summed E-state index contributed by atoms with van der Waals surface area (Å²) in [5, 5.41) is 3.06. The Balaban J connectivity index is 1.86. The Hall–Kier alpha value is -3.40. The second-order valence-electron chi connectivity index (χ2n) is 6.79. The number of benzene rings is 2.